The van der Waals surface area contributed by atoms with Crippen molar-refractivity contribution in [3.05, 3.63) is 47.1 Å². The van der Waals surface area contributed by atoms with Crippen molar-refractivity contribution >= 4 is 27.5 Å². The van der Waals surface area contributed by atoms with Crippen LogP contribution in [0.5, 0.6) is 5.88 Å². The van der Waals surface area contributed by atoms with Crippen LogP contribution in [-0.4, -0.2) is 11.6 Å². The zero-order valence-electron chi connectivity index (χ0n) is 9.62. The minimum Gasteiger partial charge on any atom is -0.416 e. The first-order valence-electron chi connectivity index (χ1n) is 5.36. The van der Waals surface area contributed by atoms with Gasteiger partial charge in [0.05, 0.1) is 0 Å². The zero-order valence-corrected chi connectivity index (χ0v) is 12.0. The van der Waals surface area contributed by atoms with Gasteiger partial charge >= 0.3 is 6.61 Å². The number of pyridine rings is 1. The second kappa shape index (κ2) is 6.30. The second-order valence-corrected chi connectivity index (χ2v) is 4.72. The largest absolute Gasteiger partial charge is 0.416 e. The number of halogens is 4. The van der Waals surface area contributed by atoms with Crippen LogP contribution in [0, 0.1) is 0 Å². The Morgan fingerprint density at radius 3 is 2.74 bits per heavy atom. The molecule has 100 valence electrons. The molecule has 0 spiro atoms. The summed E-state index contributed by atoms with van der Waals surface area (Å²) in [6.45, 7) is -2.92. The Bertz CT molecular complexity index is 580. The fourth-order valence-corrected chi connectivity index (χ4v) is 2.11. The monoisotopic (exact) mass is 347 g/mol. The molecule has 0 amide bonds. The Hall–Kier alpha value is -1.20. The molecule has 0 saturated carbocycles. The van der Waals surface area contributed by atoms with Crippen molar-refractivity contribution in [1.82, 2.24) is 4.98 Å². The van der Waals surface area contributed by atoms with Crippen LogP contribution in [0.15, 0.2) is 36.5 Å². The fraction of sp³-hybridized carbons (Fsp3) is 0.154. The summed E-state index contributed by atoms with van der Waals surface area (Å²) in [5.41, 5.74) is 2.02. The van der Waals surface area contributed by atoms with Gasteiger partial charge in [-0.1, -0.05) is 39.7 Å². The van der Waals surface area contributed by atoms with Crippen molar-refractivity contribution < 1.29 is 13.5 Å². The number of ether oxygens (including phenoxy) is 1. The standard InChI is InChI=1S/C13H9BrClF2NO/c14-6-8-4-11(9-2-1-3-10(15)5-9)12(18-7-8)19-13(16)17/h1-5,7,13H,6H2. The van der Waals surface area contributed by atoms with Crippen molar-refractivity contribution in [2.45, 2.75) is 11.9 Å². The van der Waals surface area contributed by atoms with Crippen LogP contribution in [0.2, 0.25) is 5.02 Å². The van der Waals surface area contributed by atoms with Crippen LogP contribution in [-0.2, 0) is 5.33 Å². The van der Waals surface area contributed by atoms with E-state index in [1.165, 1.54) is 6.20 Å². The number of nitrogens with zero attached hydrogens (tertiary/aromatic N) is 1. The molecule has 1 aromatic carbocycles. The van der Waals surface area contributed by atoms with Gasteiger partial charge in [0.25, 0.3) is 0 Å². The van der Waals surface area contributed by atoms with E-state index in [2.05, 4.69) is 25.7 Å². The van der Waals surface area contributed by atoms with Crippen molar-refractivity contribution in [3.63, 3.8) is 0 Å². The van der Waals surface area contributed by atoms with Gasteiger partial charge in [-0.15, -0.1) is 0 Å². The SMILES string of the molecule is FC(F)Oc1ncc(CBr)cc1-c1cccc(Cl)c1. The highest BCUT2D eigenvalue weighted by Crippen LogP contribution is 2.31. The number of hydrogen-bond acceptors (Lipinski definition) is 2. The van der Waals surface area contributed by atoms with Crippen molar-refractivity contribution in [3.8, 4) is 17.0 Å². The third kappa shape index (κ3) is 3.64. The van der Waals surface area contributed by atoms with E-state index < -0.39 is 6.61 Å². The Morgan fingerprint density at radius 2 is 2.11 bits per heavy atom. The van der Waals surface area contributed by atoms with Crippen LogP contribution < -0.4 is 4.74 Å². The molecular formula is C13H9BrClF2NO. The van der Waals surface area contributed by atoms with Crippen LogP contribution in [0.3, 0.4) is 0 Å². The molecule has 2 aromatic rings. The average Bonchev–Trinajstić information content (AvgIpc) is 2.38. The molecule has 0 unspecified atom stereocenters. The molecule has 0 N–H and O–H groups in total. The summed E-state index contributed by atoms with van der Waals surface area (Å²) < 4.78 is 29.2. The molecule has 0 saturated heterocycles. The third-order valence-electron chi connectivity index (χ3n) is 2.40. The molecule has 0 bridgehead atoms. The third-order valence-corrected chi connectivity index (χ3v) is 3.28. The molecule has 2 rings (SSSR count). The quantitative estimate of drug-likeness (QED) is 0.733. The van der Waals surface area contributed by atoms with Gasteiger partial charge in [-0.25, -0.2) is 4.98 Å². The molecule has 1 aromatic heterocycles. The molecule has 1 heterocycles. The normalized spacial score (nSPS) is 10.8. The Kier molecular flexibility index (Phi) is 4.71. The molecule has 0 aliphatic rings. The Morgan fingerprint density at radius 1 is 1.32 bits per heavy atom. The minimum absolute atomic E-state index is 0.109. The highest BCUT2D eigenvalue weighted by molar-refractivity contribution is 9.08. The molecule has 19 heavy (non-hydrogen) atoms. The molecule has 0 atom stereocenters. The van der Waals surface area contributed by atoms with Crippen LogP contribution in [0.1, 0.15) is 5.56 Å². The lowest BCUT2D eigenvalue weighted by Gasteiger charge is -2.11. The zero-order chi connectivity index (χ0) is 13.8. The summed E-state index contributed by atoms with van der Waals surface area (Å²) in [4.78, 5) is 3.92. The number of aromatic nitrogens is 1. The van der Waals surface area contributed by atoms with Gasteiger partial charge in [0.15, 0.2) is 0 Å². The van der Waals surface area contributed by atoms with E-state index >= 15 is 0 Å². The van der Waals surface area contributed by atoms with Gasteiger partial charge in [-0.05, 0) is 29.3 Å². The lowest BCUT2D eigenvalue weighted by molar-refractivity contribution is -0.0524. The Balaban J connectivity index is 2.51. The maximum atomic E-state index is 12.4. The summed E-state index contributed by atoms with van der Waals surface area (Å²) in [6.07, 6.45) is 1.49. The van der Waals surface area contributed by atoms with E-state index in [-0.39, 0.29) is 5.88 Å². The van der Waals surface area contributed by atoms with E-state index in [0.717, 1.165) is 5.56 Å². The first-order valence-corrected chi connectivity index (χ1v) is 6.85. The number of rotatable bonds is 4. The topological polar surface area (TPSA) is 22.1 Å². The maximum absolute atomic E-state index is 12.4. The van der Waals surface area contributed by atoms with Gasteiger partial charge in [0, 0.05) is 22.1 Å². The molecule has 6 heteroatoms. The van der Waals surface area contributed by atoms with Gasteiger partial charge in [0.2, 0.25) is 5.88 Å². The lowest BCUT2D eigenvalue weighted by atomic mass is 10.1. The smallest absolute Gasteiger partial charge is 0.388 e. The first-order chi connectivity index (χ1) is 9.10. The summed E-state index contributed by atoms with van der Waals surface area (Å²) >= 11 is 9.21. The molecular weight excluding hydrogens is 340 g/mol. The molecule has 0 radical (unpaired) electrons. The highest BCUT2D eigenvalue weighted by Gasteiger charge is 2.14. The van der Waals surface area contributed by atoms with Crippen LogP contribution >= 0.6 is 27.5 Å². The minimum atomic E-state index is -2.92. The Labute approximate surface area is 122 Å². The van der Waals surface area contributed by atoms with E-state index in [1.807, 2.05) is 0 Å². The van der Waals surface area contributed by atoms with E-state index in [9.17, 15) is 8.78 Å². The maximum Gasteiger partial charge on any atom is 0.388 e. The molecule has 0 fully saturated rings. The van der Waals surface area contributed by atoms with Crippen LogP contribution in [0.25, 0.3) is 11.1 Å². The fourth-order valence-electron chi connectivity index (χ4n) is 1.61. The highest BCUT2D eigenvalue weighted by atomic mass is 79.9. The summed E-state index contributed by atoms with van der Waals surface area (Å²) in [5.74, 6) is -0.109. The number of alkyl halides is 3. The van der Waals surface area contributed by atoms with E-state index in [4.69, 9.17) is 11.6 Å². The molecule has 0 aliphatic carbocycles. The van der Waals surface area contributed by atoms with Gasteiger partial charge in [-0.2, -0.15) is 8.78 Å². The van der Waals surface area contributed by atoms with Crippen molar-refractivity contribution in [2.24, 2.45) is 0 Å². The predicted octanol–water partition coefficient (Wildman–Crippen LogP) is 4.90. The van der Waals surface area contributed by atoms with Gasteiger partial charge in [-0.3, -0.25) is 0 Å². The van der Waals surface area contributed by atoms with Crippen LogP contribution in [0.4, 0.5) is 8.78 Å². The lowest BCUT2D eigenvalue weighted by Crippen LogP contribution is -2.05. The number of hydrogen-bond donors (Lipinski definition) is 0. The van der Waals surface area contributed by atoms with E-state index in [1.54, 1.807) is 30.3 Å². The van der Waals surface area contributed by atoms with E-state index in [0.29, 0.717) is 21.5 Å². The summed E-state index contributed by atoms with van der Waals surface area (Å²) in [7, 11) is 0. The number of benzene rings is 1. The summed E-state index contributed by atoms with van der Waals surface area (Å²) in [6, 6.07) is 8.63. The van der Waals surface area contributed by atoms with Crippen molar-refractivity contribution in [2.75, 3.05) is 0 Å². The predicted molar refractivity (Wildman–Crippen MR) is 73.9 cm³/mol. The van der Waals surface area contributed by atoms with Gasteiger partial charge in [0.1, 0.15) is 0 Å². The van der Waals surface area contributed by atoms with Gasteiger partial charge < -0.3 is 4.74 Å². The average molecular weight is 349 g/mol. The second-order valence-electron chi connectivity index (χ2n) is 3.72. The summed E-state index contributed by atoms with van der Waals surface area (Å²) in [5, 5.41) is 1.09. The molecule has 0 aliphatic heterocycles. The first kappa shape index (κ1) is 14.2. The van der Waals surface area contributed by atoms with Crippen molar-refractivity contribution in [1.29, 1.82) is 0 Å². The molecule has 2 nitrogen and oxygen atoms in total.